The molecule has 0 saturated carbocycles. The minimum absolute atomic E-state index is 0.308. The highest BCUT2D eigenvalue weighted by molar-refractivity contribution is 14.1. The molecule has 0 aliphatic heterocycles. The zero-order valence-electron chi connectivity index (χ0n) is 6.68. The zero-order valence-corrected chi connectivity index (χ0v) is 8.84. The van der Waals surface area contributed by atoms with Gasteiger partial charge in [0.15, 0.2) is 0 Å². The van der Waals surface area contributed by atoms with Crippen molar-refractivity contribution in [3.05, 3.63) is 9.66 Å². The number of hydrogen-bond acceptors (Lipinski definition) is 2. The maximum atomic E-state index is 5.46. The second-order valence-electron chi connectivity index (χ2n) is 2.43. The number of hydrogen-bond donors (Lipinski definition) is 0. The van der Waals surface area contributed by atoms with Crippen molar-refractivity contribution in [2.24, 2.45) is 0 Å². The summed E-state index contributed by atoms with van der Waals surface area (Å²) in [4.78, 5) is 0. The molecule has 0 aromatic rings. The second kappa shape index (κ2) is 5.11. The topological polar surface area (TPSA) is 18.5 Å². The Morgan fingerprint density at radius 1 is 1.73 bits per heavy atom. The van der Waals surface area contributed by atoms with Crippen molar-refractivity contribution in [2.75, 3.05) is 13.4 Å². The Morgan fingerprint density at radius 2 is 2.55 bits per heavy atom. The standard InChI is InChI=1S/C8H13IO2/c1-2-10-6-11-8-5-3-4-7(8)9/h4,8H,2-3,5-6H2,1H3. The molecule has 0 aromatic heterocycles. The lowest BCUT2D eigenvalue weighted by molar-refractivity contribution is -0.0716. The molecule has 1 aliphatic rings. The smallest absolute Gasteiger partial charge is 0.147 e. The van der Waals surface area contributed by atoms with Gasteiger partial charge in [0.25, 0.3) is 0 Å². The first-order valence-electron chi connectivity index (χ1n) is 3.89. The third kappa shape index (κ3) is 3.09. The third-order valence-corrected chi connectivity index (χ3v) is 2.77. The average molecular weight is 268 g/mol. The summed E-state index contributed by atoms with van der Waals surface area (Å²) in [5, 5.41) is 0. The molecule has 0 spiro atoms. The van der Waals surface area contributed by atoms with E-state index in [1.54, 1.807) is 0 Å². The summed E-state index contributed by atoms with van der Waals surface area (Å²) in [6, 6.07) is 0. The Kier molecular flexibility index (Phi) is 4.40. The average Bonchev–Trinajstić information content (AvgIpc) is 2.37. The maximum absolute atomic E-state index is 5.46. The SMILES string of the molecule is CCOCOC1CCC=C1I. The number of ether oxygens (including phenoxy) is 2. The third-order valence-electron chi connectivity index (χ3n) is 1.63. The van der Waals surface area contributed by atoms with Gasteiger partial charge in [0.1, 0.15) is 6.79 Å². The van der Waals surface area contributed by atoms with E-state index in [1.807, 2.05) is 6.92 Å². The van der Waals surface area contributed by atoms with Gasteiger partial charge in [0.2, 0.25) is 0 Å². The number of halogens is 1. The van der Waals surface area contributed by atoms with Gasteiger partial charge in [-0.05, 0) is 42.4 Å². The van der Waals surface area contributed by atoms with E-state index >= 15 is 0 Å². The zero-order chi connectivity index (χ0) is 8.10. The molecule has 11 heavy (non-hydrogen) atoms. The van der Waals surface area contributed by atoms with Crippen LogP contribution in [0.4, 0.5) is 0 Å². The monoisotopic (exact) mass is 268 g/mol. The molecular formula is C8H13IO2. The molecule has 0 saturated heterocycles. The van der Waals surface area contributed by atoms with E-state index < -0.39 is 0 Å². The van der Waals surface area contributed by atoms with Crippen LogP contribution in [0, 0.1) is 0 Å². The normalized spacial score (nSPS) is 23.8. The highest BCUT2D eigenvalue weighted by Gasteiger charge is 2.16. The van der Waals surface area contributed by atoms with Gasteiger partial charge in [-0.15, -0.1) is 0 Å². The fraction of sp³-hybridized carbons (Fsp3) is 0.750. The van der Waals surface area contributed by atoms with Crippen molar-refractivity contribution in [3.8, 4) is 0 Å². The molecular weight excluding hydrogens is 255 g/mol. The Labute approximate surface area is 81.1 Å². The Bertz CT molecular complexity index is 145. The molecule has 1 atom stereocenters. The van der Waals surface area contributed by atoms with Gasteiger partial charge < -0.3 is 9.47 Å². The van der Waals surface area contributed by atoms with Gasteiger partial charge in [-0.2, -0.15) is 0 Å². The van der Waals surface area contributed by atoms with Gasteiger partial charge >= 0.3 is 0 Å². The first-order valence-corrected chi connectivity index (χ1v) is 4.97. The molecule has 1 aliphatic carbocycles. The summed E-state index contributed by atoms with van der Waals surface area (Å²) < 4.78 is 11.9. The van der Waals surface area contributed by atoms with Crippen LogP contribution in [-0.2, 0) is 9.47 Å². The lowest BCUT2D eigenvalue weighted by Gasteiger charge is -2.11. The van der Waals surface area contributed by atoms with Crippen molar-refractivity contribution in [1.29, 1.82) is 0 Å². The lowest BCUT2D eigenvalue weighted by Crippen LogP contribution is -2.11. The van der Waals surface area contributed by atoms with Gasteiger partial charge in [0, 0.05) is 10.2 Å². The van der Waals surface area contributed by atoms with Crippen molar-refractivity contribution in [3.63, 3.8) is 0 Å². The Morgan fingerprint density at radius 3 is 3.09 bits per heavy atom. The molecule has 0 amide bonds. The number of rotatable bonds is 4. The molecule has 1 unspecified atom stereocenters. The van der Waals surface area contributed by atoms with Gasteiger partial charge in [-0.25, -0.2) is 0 Å². The molecule has 0 N–H and O–H groups in total. The molecule has 64 valence electrons. The van der Waals surface area contributed by atoms with Gasteiger partial charge in [-0.1, -0.05) is 6.08 Å². The van der Waals surface area contributed by atoms with Crippen LogP contribution in [-0.4, -0.2) is 19.5 Å². The van der Waals surface area contributed by atoms with Crippen LogP contribution in [0.5, 0.6) is 0 Å². The summed E-state index contributed by atoms with van der Waals surface area (Å²) in [7, 11) is 0. The maximum Gasteiger partial charge on any atom is 0.147 e. The van der Waals surface area contributed by atoms with E-state index in [2.05, 4.69) is 28.7 Å². The summed E-state index contributed by atoms with van der Waals surface area (Å²) in [6.07, 6.45) is 4.79. The summed E-state index contributed by atoms with van der Waals surface area (Å²) in [6.45, 7) is 3.13. The fourth-order valence-corrected chi connectivity index (χ4v) is 1.82. The summed E-state index contributed by atoms with van der Waals surface area (Å²) >= 11 is 2.33. The summed E-state index contributed by atoms with van der Waals surface area (Å²) in [5.41, 5.74) is 0. The van der Waals surface area contributed by atoms with E-state index in [-0.39, 0.29) is 0 Å². The molecule has 3 heteroatoms. The van der Waals surface area contributed by atoms with Crippen LogP contribution in [0.25, 0.3) is 0 Å². The van der Waals surface area contributed by atoms with E-state index in [9.17, 15) is 0 Å². The predicted molar refractivity (Wildman–Crippen MR) is 52.7 cm³/mol. The van der Waals surface area contributed by atoms with E-state index in [1.165, 1.54) is 3.58 Å². The minimum Gasteiger partial charge on any atom is -0.356 e. The first kappa shape index (κ1) is 9.48. The first-order chi connectivity index (χ1) is 5.34. The van der Waals surface area contributed by atoms with Crippen LogP contribution in [0.1, 0.15) is 19.8 Å². The Hall–Kier alpha value is 0.390. The summed E-state index contributed by atoms with van der Waals surface area (Å²) in [5.74, 6) is 0. The second-order valence-corrected chi connectivity index (χ2v) is 3.68. The van der Waals surface area contributed by atoms with Crippen molar-refractivity contribution >= 4 is 22.6 Å². The Balaban J connectivity index is 2.12. The van der Waals surface area contributed by atoms with Gasteiger partial charge in [0.05, 0.1) is 6.10 Å². The van der Waals surface area contributed by atoms with Crippen LogP contribution >= 0.6 is 22.6 Å². The molecule has 0 radical (unpaired) electrons. The van der Waals surface area contributed by atoms with Crippen LogP contribution in [0.3, 0.4) is 0 Å². The molecule has 2 nitrogen and oxygen atoms in total. The molecule has 0 aromatic carbocycles. The number of allylic oxidation sites excluding steroid dienone is 1. The molecule has 0 fully saturated rings. The van der Waals surface area contributed by atoms with Crippen LogP contribution < -0.4 is 0 Å². The van der Waals surface area contributed by atoms with Crippen molar-refractivity contribution < 1.29 is 9.47 Å². The largest absolute Gasteiger partial charge is 0.356 e. The van der Waals surface area contributed by atoms with Crippen molar-refractivity contribution in [1.82, 2.24) is 0 Å². The highest BCUT2D eigenvalue weighted by Crippen LogP contribution is 2.26. The van der Waals surface area contributed by atoms with E-state index in [4.69, 9.17) is 9.47 Å². The predicted octanol–water partition coefficient (Wildman–Crippen LogP) is 2.48. The fourth-order valence-electron chi connectivity index (χ4n) is 1.02. The van der Waals surface area contributed by atoms with Crippen LogP contribution in [0.2, 0.25) is 0 Å². The van der Waals surface area contributed by atoms with Gasteiger partial charge in [-0.3, -0.25) is 0 Å². The van der Waals surface area contributed by atoms with E-state index in [0.717, 1.165) is 19.4 Å². The molecule has 0 heterocycles. The molecule has 1 rings (SSSR count). The lowest BCUT2D eigenvalue weighted by atomic mass is 10.3. The molecule has 0 bridgehead atoms. The minimum atomic E-state index is 0.308. The quantitative estimate of drug-likeness (QED) is 0.443. The highest BCUT2D eigenvalue weighted by atomic mass is 127. The van der Waals surface area contributed by atoms with Crippen LogP contribution in [0.15, 0.2) is 9.66 Å². The van der Waals surface area contributed by atoms with Crippen molar-refractivity contribution in [2.45, 2.75) is 25.9 Å². The van der Waals surface area contributed by atoms with E-state index in [0.29, 0.717) is 12.9 Å².